The molecule has 1 aliphatic carbocycles. The molecule has 2 aromatic heterocycles. The number of nitrogens with one attached hydrogen (secondary N) is 2. The highest BCUT2D eigenvalue weighted by Gasteiger charge is 2.32. The Morgan fingerprint density at radius 3 is 2.31 bits per heavy atom. The second-order valence-electron chi connectivity index (χ2n) is 9.08. The van der Waals surface area contributed by atoms with Gasteiger partial charge in [-0.1, -0.05) is 52.5 Å². The summed E-state index contributed by atoms with van der Waals surface area (Å²) in [5.41, 5.74) is 1.58. The van der Waals surface area contributed by atoms with E-state index >= 15 is 0 Å². The molecule has 0 saturated heterocycles. The Bertz CT molecular complexity index is 1520. The highest BCUT2D eigenvalue weighted by Crippen LogP contribution is 2.45. The lowest BCUT2D eigenvalue weighted by Crippen LogP contribution is -2.14. The van der Waals surface area contributed by atoms with Gasteiger partial charge in [-0.25, -0.2) is 0 Å². The molecular formula is C25H23N7O4S3. The fourth-order valence-corrected chi connectivity index (χ4v) is 6.97. The predicted molar refractivity (Wildman–Crippen MR) is 151 cm³/mol. The molecule has 2 unspecified atom stereocenters. The Hall–Kier alpha value is -3.75. The van der Waals surface area contributed by atoms with Gasteiger partial charge in [0.25, 0.3) is 10.9 Å². The van der Waals surface area contributed by atoms with Crippen LogP contribution in [0.2, 0.25) is 0 Å². The lowest BCUT2D eigenvalue weighted by molar-refractivity contribution is -0.384. The largest absolute Gasteiger partial charge is 0.300 e. The zero-order chi connectivity index (χ0) is 27.4. The third-order valence-corrected chi connectivity index (χ3v) is 8.93. The lowest BCUT2D eigenvalue weighted by Gasteiger charge is -2.05. The van der Waals surface area contributed by atoms with E-state index in [1.165, 1.54) is 34.8 Å². The van der Waals surface area contributed by atoms with Crippen LogP contribution >= 0.6 is 34.4 Å². The number of nitro groups is 1. The monoisotopic (exact) mass is 581 g/mol. The number of hydrogen-bond acceptors (Lipinski definition) is 11. The number of non-ortho nitro benzene ring substituents is 1. The highest BCUT2D eigenvalue weighted by molar-refractivity contribution is 8.14. The Morgan fingerprint density at radius 2 is 1.64 bits per heavy atom. The van der Waals surface area contributed by atoms with Crippen molar-refractivity contribution in [3.05, 3.63) is 79.8 Å². The molecule has 5 rings (SSSR count). The minimum atomic E-state index is -0.488. The fourth-order valence-electron chi connectivity index (χ4n) is 4.36. The lowest BCUT2D eigenvalue weighted by atomic mass is 10.1. The minimum absolute atomic E-state index is 0.00150. The minimum Gasteiger partial charge on any atom is -0.300 e. The molecule has 39 heavy (non-hydrogen) atoms. The molecule has 0 radical (unpaired) electrons. The maximum Gasteiger partial charge on any atom is 0.290 e. The molecule has 11 nitrogen and oxygen atoms in total. The SMILES string of the molecule is Cc1cccc(SC(=O)Nc2nnc(C3CCC(c4nnc(NC(=O)Cc5cccc([N+](=O)[O-])c5)s4)C3)s2)c1. The maximum atomic E-state index is 12.4. The summed E-state index contributed by atoms with van der Waals surface area (Å²) in [5.74, 6) is 0.0821. The van der Waals surface area contributed by atoms with Crippen molar-refractivity contribution in [1.29, 1.82) is 0 Å². The van der Waals surface area contributed by atoms with Gasteiger partial charge in [0.1, 0.15) is 10.0 Å². The Morgan fingerprint density at radius 1 is 0.974 bits per heavy atom. The second-order valence-corrected chi connectivity index (χ2v) is 12.1. The van der Waals surface area contributed by atoms with E-state index in [1.807, 2.05) is 31.2 Å². The van der Waals surface area contributed by atoms with Crippen molar-refractivity contribution in [2.45, 2.75) is 49.3 Å². The molecule has 1 saturated carbocycles. The van der Waals surface area contributed by atoms with E-state index in [0.29, 0.717) is 15.8 Å². The molecule has 0 aliphatic heterocycles. The van der Waals surface area contributed by atoms with Gasteiger partial charge in [0.05, 0.1) is 11.3 Å². The molecule has 2 N–H and O–H groups in total. The zero-order valence-corrected chi connectivity index (χ0v) is 23.1. The zero-order valence-electron chi connectivity index (χ0n) is 20.7. The Labute approximate surface area is 235 Å². The van der Waals surface area contributed by atoms with Gasteiger partial charge < -0.3 is 5.32 Å². The van der Waals surface area contributed by atoms with Crippen LogP contribution in [0.1, 0.15) is 52.2 Å². The van der Waals surface area contributed by atoms with E-state index in [0.717, 1.165) is 51.5 Å². The first-order valence-corrected chi connectivity index (χ1v) is 14.5. The fraction of sp³-hybridized carbons (Fsp3) is 0.280. The Balaban J connectivity index is 1.13. The molecule has 2 heterocycles. The van der Waals surface area contributed by atoms with E-state index < -0.39 is 4.92 Å². The van der Waals surface area contributed by atoms with Crippen LogP contribution in [0.3, 0.4) is 0 Å². The number of anilines is 2. The van der Waals surface area contributed by atoms with Gasteiger partial charge >= 0.3 is 0 Å². The summed E-state index contributed by atoms with van der Waals surface area (Å²) in [6.07, 6.45) is 2.66. The number of thioether (sulfide) groups is 1. The Kier molecular flexibility index (Phi) is 8.24. The third kappa shape index (κ3) is 7.02. The van der Waals surface area contributed by atoms with Crippen LogP contribution in [0.5, 0.6) is 0 Å². The molecular weight excluding hydrogens is 559 g/mol. The average Bonchev–Trinajstić information content (AvgIpc) is 3.65. The molecule has 14 heteroatoms. The van der Waals surface area contributed by atoms with Crippen molar-refractivity contribution in [1.82, 2.24) is 20.4 Å². The predicted octanol–water partition coefficient (Wildman–Crippen LogP) is 6.16. The summed E-state index contributed by atoms with van der Waals surface area (Å²) in [7, 11) is 0. The average molecular weight is 582 g/mol. The molecule has 1 fully saturated rings. The molecule has 0 bridgehead atoms. The summed E-state index contributed by atoms with van der Waals surface area (Å²) in [6.45, 7) is 1.98. The maximum absolute atomic E-state index is 12.4. The standard InChI is InChI=1S/C25H23N7O4S3/c1-14-4-2-7-19(10-14)37-25(34)27-24-31-29-22(39-24)17-9-8-16(13-17)21-28-30-23(38-21)26-20(33)12-15-5-3-6-18(11-15)32(35)36/h2-7,10-11,16-17H,8-9,12-13H2,1H3,(H,26,30,33)(H,27,31,34). The van der Waals surface area contributed by atoms with Crippen molar-refractivity contribution >= 4 is 61.5 Å². The van der Waals surface area contributed by atoms with Crippen LogP contribution in [0.15, 0.2) is 53.4 Å². The van der Waals surface area contributed by atoms with Crippen LogP contribution in [0.25, 0.3) is 0 Å². The number of benzene rings is 2. The van der Waals surface area contributed by atoms with Gasteiger partial charge in [-0.15, -0.1) is 20.4 Å². The van der Waals surface area contributed by atoms with Gasteiger partial charge in [0.2, 0.25) is 16.2 Å². The molecule has 200 valence electrons. The number of rotatable bonds is 8. The number of aromatic nitrogens is 4. The van der Waals surface area contributed by atoms with Crippen LogP contribution in [-0.2, 0) is 11.2 Å². The number of nitro benzene ring substituents is 1. The molecule has 0 spiro atoms. The van der Waals surface area contributed by atoms with Gasteiger partial charge in [-0.2, -0.15) is 0 Å². The molecule has 4 aromatic rings. The van der Waals surface area contributed by atoms with E-state index in [1.54, 1.807) is 12.1 Å². The van der Waals surface area contributed by atoms with Gasteiger partial charge in [0.15, 0.2) is 0 Å². The summed E-state index contributed by atoms with van der Waals surface area (Å²) in [6, 6.07) is 13.7. The van der Waals surface area contributed by atoms with Crippen LogP contribution in [0.4, 0.5) is 20.7 Å². The topological polar surface area (TPSA) is 153 Å². The summed E-state index contributed by atoms with van der Waals surface area (Å²) < 4.78 is 0. The third-order valence-electron chi connectivity index (χ3n) is 6.15. The highest BCUT2D eigenvalue weighted by atomic mass is 32.2. The second kappa shape index (κ2) is 12.0. The van der Waals surface area contributed by atoms with Crippen LogP contribution in [-0.4, -0.2) is 36.5 Å². The molecule has 1 aliphatic rings. The molecule has 2 atom stereocenters. The van der Waals surface area contributed by atoms with Crippen molar-refractivity contribution in [3.8, 4) is 0 Å². The van der Waals surface area contributed by atoms with Gasteiger partial charge in [0, 0.05) is 28.9 Å². The number of carbonyl (C=O) groups excluding carboxylic acids is 2. The smallest absolute Gasteiger partial charge is 0.290 e. The van der Waals surface area contributed by atoms with E-state index in [9.17, 15) is 19.7 Å². The number of carbonyl (C=O) groups is 2. The van der Waals surface area contributed by atoms with Crippen molar-refractivity contribution in [3.63, 3.8) is 0 Å². The first-order valence-electron chi connectivity index (χ1n) is 12.1. The quantitative estimate of drug-likeness (QED) is 0.141. The normalized spacial score (nSPS) is 16.6. The van der Waals surface area contributed by atoms with Crippen molar-refractivity contribution in [2.75, 3.05) is 10.6 Å². The summed E-state index contributed by atoms with van der Waals surface area (Å²) >= 11 is 3.84. The number of amides is 2. The van der Waals surface area contributed by atoms with Gasteiger partial charge in [-0.05, 0) is 55.6 Å². The number of aryl methyl sites for hydroxylation is 1. The number of hydrogen-bond donors (Lipinski definition) is 2. The molecule has 2 amide bonds. The summed E-state index contributed by atoms with van der Waals surface area (Å²) in [5, 5.41) is 35.8. The van der Waals surface area contributed by atoms with E-state index in [2.05, 4.69) is 31.0 Å². The molecule has 2 aromatic carbocycles. The first kappa shape index (κ1) is 26.8. The van der Waals surface area contributed by atoms with Gasteiger partial charge in [-0.3, -0.25) is 25.0 Å². The summed E-state index contributed by atoms with van der Waals surface area (Å²) in [4.78, 5) is 36.2. The van der Waals surface area contributed by atoms with Crippen LogP contribution in [0, 0.1) is 17.0 Å². The first-order chi connectivity index (χ1) is 18.8. The number of nitrogens with zero attached hydrogens (tertiary/aromatic N) is 5. The van der Waals surface area contributed by atoms with E-state index in [-0.39, 0.29) is 35.1 Å². The van der Waals surface area contributed by atoms with Crippen molar-refractivity contribution < 1.29 is 14.5 Å². The van der Waals surface area contributed by atoms with E-state index in [4.69, 9.17) is 0 Å². The van der Waals surface area contributed by atoms with Crippen molar-refractivity contribution in [2.24, 2.45) is 0 Å². The van der Waals surface area contributed by atoms with Crippen LogP contribution < -0.4 is 10.6 Å².